The zero-order valence-electron chi connectivity index (χ0n) is 13.7. The molecule has 0 unspecified atom stereocenters. The van der Waals surface area contributed by atoms with Gasteiger partial charge >= 0.3 is 5.97 Å². The predicted molar refractivity (Wildman–Crippen MR) is 99.5 cm³/mol. The minimum Gasteiger partial charge on any atom is -0.455 e. The average Bonchev–Trinajstić information content (AvgIpc) is 2.61. The van der Waals surface area contributed by atoms with Crippen molar-refractivity contribution in [2.75, 3.05) is 11.9 Å². The van der Waals surface area contributed by atoms with E-state index in [9.17, 15) is 19.7 Å². The number of hydrogen-bond donors (Lipinski definition) is 1. The van der Waals surface area contributed by atoms with Crippen LogP contribution in [0.1, 0.15) is 6.92 Å². The van der Waals surface area contributed by atoms with Gasteiger partial charge in [-0.2, -0.15) is 0 Å². The molecule has 0 fully saturated rings. The Morgan fingerprint density at radius 3 is 2.62 bits per heavy atom. The Morgan fingerprint density at radius 2 is 1.96 bits per heavy atom. The van der Waals surface area contributed by atoms with Crippen LogP contribution in [0.5, 0.6) is 0 Å². The summed E-state index contributed by atoms with van der Waals surface area (Å²) < 4.78 is 4.97. The van der Waals surface area contributed by atoms with Gasteiger partial charge in [0.1, 0.15) is 10.9 Å². The topological polar surface area (TPSA) is 98.5 Å². The lowest BCUT2D eigenvalue weighted by Crippen LogP contribution is -2.25. The molecule has 0 radical (unpaired) electrons. The third-order valence-corrected chi connectivity index (χ3v) is 4.49. The zero-order valence-corrected chi connectivity index (χ0v) is 15.3. The van der Waals surface area contributed by atoms with Gasteiger partial charge in [-0.25, -0.2) is 0 Å². The molecule has 0 saturated heterocycles. The molecule has 9 heteroatoms. The highest BCUT2D eigenvalue weighted by Crippen LogP contribution is 2.27. The zero-order chi connectivity index (χ0) is 19.1. The quantitative estimate of drug-likeness (QED) is 0.331. The first-order chi connectivity index (χ1) is 12.4. The summed E-state index contributed by atoms with van der Waals surface area (Å²) in [5.74, 6) is -1.24. The third kappa shape index (κ3) is 5.75. The van der Waals surface area contributed by atoms with Gasteiger partial charge in [0.2, 0.25) is 0 Å². The number of nitrogens with zero attached hydrogens (tertiary/aromatic N) is 1. The SMILES string of the molecule is C[C@H](Sc1ccccc1)C(=O)OCC(=O)Nc1ccc(Cl)cc1[N+](=O)[O-]. The molecule has 0 aromatic heterocycles. The van der Waals surface area contributed by atoms with Gasteiger partial charge in [0.15, 0.2) is 6.61 Å². The van der Waals surface area contributed by atoms with Gasteiger partial charge < -0.3 is 10.1 Å². The van der Waals surface area contributed by atoms with Gasteiger partial charge in [-0.3, -0.25) is 19.7 Å². The summed E-state index contributed by atoms with van der Waals surface area (Å²) in [5.41, 5.74) is -0.364. The van der Waals surface area contributed by atoms with Crippen LogP contribution in [-0.2, 0) is 14.3 Å². The van der Waals surface area contributed by atoms with Gasteiger partial charge in [-0.05, 0) is 31.2 Å². The highest BCUT2D eigenvalue weighted by Gasteiger charge is 2.20. The van der Waals surface area contributed by atoms with E-state index in [2.05, 4.69) is 5.32 Å². The molecule has 0 bridgehead atoms. The van der Waals surface area contributed by atoms with E-state index in [1.807, 2.05) is 30.3 Å². The van der Waals surface area contributed by atoms with E-state index in [-0.39, 0.29) is 16.4 Å². The molecule has 0 aliphatic carbocycles. The number of ether oxygens (including phenoxy) is 1. The second kappa shape index (κ2) is 9.21. The Morgan fingerprint density at radius 1 is 1.27 bits per heavy atom. The van der Waals surface area contributed by atoms with E-state index < -0.39 is 28.7 Å². The Hall–Kier alpha value is -2.58. The number of esters is 1. The summed E-state index contributed by atoms with van der Waals surface area (Å²) in [7, 11) is 0. The normalized spacial score (nSPS) is 11.5. The largest absolute Gasteiger partial charge is 0.455 e. The summed E-state index contributed by atoms with van der Waals surface area (Å²) in [6.45, 7) is 1.13. The lowest BCUT2D eigenvalue weighted by Gasteiger charge is -2.11. The van der Waals surface area contributed by atoms with Crippen LogP contribution in [0.2, 0.25) is 5.02 Å². The molecule has 1 atom stereocenters. The third-order valence-electron chi connectivity index (χ3n) is 3.16. The highest BCUT2D eigenvalue weighted by atomic mass is 35.5. The first-order valence-electron chi connectivity index (χ1n) is 7.49. The number of hydrogen-bond acceptors (Lipinski definition) is 6. The van der Waals surface area contributed by atoms with Crippen LogP contribution in [0.25, 0.3) is 0 Å². The molecule has 0 heterocycles. The average molecular weight is 395 g/mol. The van der Waals surface area contributed by atoms with Gasteiger partial charge in [-0.15, -0.1) is 11.8 Å². The van der Waals surface area contributed by atoms with Gasteiger partial charge in [0, 0.05) is 16.0 Å². The van der Waals surface area contributed by atoms with Crippen molar-refractivity contribution in [1.29, 1.82) is 0 Å². The fourth-order valence-electron chi connectivity index (χ4n) is 1.95. The second-order valence-electron chi connectivity index (χ2n) is 5.15. The van der Waals surface area contributed by atoms with Gasteiger partial charge in [0.05, 0.1) is 4.92 Å². The monoisotopic (exact) mass is 394 g/mol. The second-order valence-corrected chi connectivity index (χ2v) is 7.00. The number of nitro benzene ring substituents is 1. The summed E-state index contributed by atoms with van der Waals surface area (Å²) >= 11 is 7.02. The number of benzene rings is 2. The maximum atomic E-state index is 12.0. The van der Waals surface area contributed by atoms with Crippen LogP contribution in [0.3, 0.4) is 0 Å². The summed E-state index contributed by atoms with van der Waals surface area (Å²) in [5, 5.41) is 13.0. The number of rotatable bonds is 7. The molecule has 0 spiro atoms. The van der Waals surface area contributed by atoms with Gasteiger partial charge in [0.25, 0.3) is 11.6 Å². The lowest BCUT2D eigenvalue weighted by atomic mass is 10.2. The molecule has 2 rings (SSSR count). The molecule has 2 aromatic rings. The van der Waals surface area contributed by atoms with Crippen LogP contribution >= 0.6 is 23.4 Å². The number of thioether (sulfide) groups is 1. The van der Waals surface area contributed by atoms with E-state index in [1.54, 1.807) is 6.92 Å². The van der Waals surface area contributed by atoms with Crippen LogP contribution in [0, 0.1) is 10.1 Å². The van der Waals surface area contributed by atoms with Crippen LogP contribution in [-0.4, -0.2) is 28.7 Å². The number of anilines is 1. The number of halogens is 1. The number of amides is 1. The summed E-state index contributed by atoms with van der Waals surface area (Å²) in [6, 6.07) is 13.2. The molecule has 0 aliphatic heterocycles. The number of carbonyl (C=O) groups is 2. The van der Waals surface area contributed by atoms with Crippen molar-refractivity contribution in [3.05, 3.63) is 63.7 Å². The Balaban J connectivity index is 1.88. The molecule has 1 amide bonds. The Labute approximate surface area is 158 Å². The van der Waals surface area contributed by atoms with Crippen molar-refractivity contribution >= 4 is 46.6 Å². The van der Waals surface area contributed by atoms with Gasteiger partial charge in [-0.1, -0.05) is 29.8 Å². The molecule has 26 heavy (non-hydrogen) atoms. The minimum atomic E-state index is -0.680. The van der Waals surface area contributed by atoms with E-state index in [1.165, 1.54) is 23.9 Å². The van der Waals surface area contributed by atoms with Crippen LogP contribution < -0.4 is 5.32 Å². The molecular formula is C17H15ClN2O5S. The van der Waals surface area contributed by atoms with E-state index in [0.717, 1.165) is 11.0 Å². The first kappa shape index (κ1) is 19.7. The number of nitrogens with one attached hydrogen (secondary N) is 1. The van der Waals surface area contributed by atoms with Crippen LogP contribution in [0.4, 0.5) is 11.4 Å². The maximum Gasteiger partial charge on any atom is 0.319 e. The van der Waals surface area contributed by atoms with Crippen molar-refractivity contribution in [2.45, 2.75) is 17.1 Å². The van der Waals surface area contributed by atoms with E-state index in [0.29, 0.717) is 0 Å². The minimum absolute atomic E-state index is 0.0211. The molecule has 0 saturated carbocycles. The maximum absolute atomic E-state index is 12.0. The van der Waals surface area contributed by atoms with E-state index in [4.69, 9.17) is 16.3 Å². The fraction of sp³-hybridized carbons (Fsp3) is 0.176. The molecule has 1 N–H and O–H groups in total. The Bertz CT molecular complexity index is 816. The van der Waals surface area contributed by atoms with E-state index >= 15 is 0 Å². The molecule has 0 aliphatic rings. The van der Waals surface area contributed by atoms with Crippen molar-refractivity contribution in [2.24, 2.45) is 0 Å². The summed E-state index contributed by atoms with van der Waals surface area (Å²) in [4.78, 5) is 35.1. The fourth-order valence-corrected chi connectivity index (χ4v) is 3.01. The summed E-state index contributed by atoms with van der Waals surface area (Å²) in [6.07, 6.45) is 0. The molecule has 2 aromatic carbocycles. The first-order valence-corrected chi connectivity index (χ1v) is 8.74. The smallest absolute Gasteiger partial charge is 0.319 e. The van der Waals surface area contributed by atoms with Crippen molar-refractivity contribution in [3.63, 3.8) is 0 Å². The van der Waals surface area contributed by atoms with Crippen molar-refractivity contribution in [1.82, 2.24) is 0 Å². The Kier molecular flexibility index (Phi) is 6.99. The molecule has 136 valence electrons. The van der Waals surface area contributed by atoms with Crippen molar-refractivity contribution < 1.29 is 19.2 Å². The molecular weight excluding hydrogens is 380 g/mol. The van der Waals surface area contributed by atoms with Crippen LogP contribution in [0.15, 0.2) is 53.4 Å². The lowest BCUT2D eigenvalue weighted by molar-refractivity contribution is -0.383. The standard InChI is InChI=1S/C17H15ClN2O5S/c1-11(26-13-5-3-2-4-6-13)17(22)25-10-16(21)19-14-8-7-12(18)9-15(14)20(23)24/h2-9,11H,10H2,1H3,(H,19,21)/t11-/m0/s1. The number of nitro groups is 1. The molecule has 7 nitrogen and oxygen atoms in total. The highest BCUT2D eigenvalue weighted by molar-refractivity contribution is 8.00. The van der Waals surface area contributed by atoms with Crippen molar-refractivity contribution in [3.8, 4) is 0 Å². The number of carbonyl (C=O) groups excluding carboxylic acids is 2. The predicted octanol–water partition coefficient (Wildman–Crippen LogP) is 3.91.